The first-order chi connectivity index (χ1) is 15.5. The lowest BCUT2D eigenvalue weighted by Gasteiger charge is -2.25. The van der Waals surface area contributed by atoms with Gasteiger partial charge in [-0.2, -0.15) is 0 Å². The zero-order chi connectivity index (χ0) is 22.7. The molecule has 4 rings (SSSR count). The molecule has 164 valence electrons. The number of amides is 1. The summed E-state index contributed by atoms with van der Waals surface area (Å²) in [5, 5.41) is 12.3. The fourth-order valence-corrected chi connectivity index (χ4v) is 4.42. The second kappa shape index (κ2) is 9.27. The zero-order valence-electron chi connectivity index (χ0n) is 18.2. The molecule has 1 amide bonds. The fraction of sp³-hybridized carbons (Fsp3) is 0.259. The third kappa shape index (κ3) is 4.24. The number of carboxylic acid groups (broad SMARTS) is 1. The van der Waals surface area contributed by atoms with Crippen molar-refractivity contribution >= 4 is 12.1 Å². The van der Waals surface area contributed by atoms with Crippen molar-refractivity contribution in [3.63, 3.8) is 0 Å². The Kier molecular flexibility index (Phi) is 6.26. The minimum Gasteiger partial charge on any atom is -0.478 e. The van der Waals surface area contributed by atoms with Gasteiger partial charge < -0.3 is 15.2 Å². The smallest absolute Gasteiger partial charge is 0.407 e. The van der Waals surface area contributed by atoms with Gasteiger partial charge in [-0.05, 0) is 45.9 Å². The van der Waals surface area contributed by atoms with Gasteiger partial charge in [0.05, 0.1) is 11.6 Å². The van der Waals surface area contributed by atoms with E-state index in [0.29, 0.717) is 0 Å². The predicted molar refractivity (Wildman–Crippen MR) is 124 cm³/mol. The summed E-state index contributed by atoms with van der Waals surface area (Å²) >= 11 is 0. The average molecular weight is 430 g/mol. The first-order valence-corrected chi connectivity index (χ1v) is 10.9. The Bertz CT molecular complexity index is 1090. The van der Waals surface area contributed by atoms with Crippen LogP contribution in [0, 0.1) is 5.92 Å². The van der Waals surface area contributed by atoms with E-state index < -0.39 is 12.1 Å². The molecule has 2 N–H and O–H groups in total. The summed E-state index contributed by atoms with van der Waals surface area (Å²) in [6, 6.07) is 22.8. The molecule has 0 aromatic heterocycles. The molecule has 0 radical (unpaired) electrons. The van der Waals surface area contributed by atoms with Crippen LogP contribution < -0.4 is 5.32 Å². The molecule has 0 aliphatic heterocycles. The monoisotopic (exact) mass is 429 g/mol. The van der Waals surface area contributed by atoms with Gasteiger partial charge in [0.25, 0.3) is 0 Å². The highest BCUT2D eigenvalue weighted by Crippen LogP contribution is 2.44. The fourth-order valence-electron chi connectivity index (χ4n) is 4.42. The first-order valence-electron chi connectivity index (χ1n) is 10.9. The molecule has 2 atom stereocenters. The van der Waals surface area contributed by atoms with Crippen LogP contribution in [0.4, 0.5) is 4.79 Å². The number of aromatic carboxylic acids is 1. The van der Waals surface area contributed by atoms with Crippen LogP contribution >= 0.6 is 0 Å². The Hall–Kier alpha value is -3.60. The van der Waals surface area contributed by atoms with Gasteiger partial charge in [0.2, 0.25) is 0 Å². The number of alkyl carbamates (subject to hydrolysis) is 1. The Morgan fingerprint density at radius 1 is 0.969 bits per heavy atom. The van der Waals surface area contributed by atoms with Gasteiger partial charge in [0, 0.05) is 5.92 Å². The van der Waals surface area contributed by atoms with Crippen LogP contribution in [0.3, 0.4) is 0 Å². The van der Waals surface area contributed by atoms with E-state index >= 15 is 0 Å². The molecule has 3 aromatic carbocycles. The molecule has 1 aliphatic rings. The number of rotatable bonds is 7. The summed E-state index contributed by atoms with van der Waals surface area (Å²) in [5.74, 6) is -0.888. The van der Waals surface area contributed by atoms with E-state index in [-0.39, 0.29) is 30.0 Å². The molecule has 5 nitrogen and oxygen atoms in total. The molecule has 0 spiro atoms. The van der Waals surface area contributed by atoms with E-state index in [9.17, 15) is 14.7 Å². The lowest BCUT2D eigenvalue weighted by molar-refractivity contribution is 0.0696. The highest BCUT2D eigenvalue weighted by Gasteiger charge is 2.29. The minimum atomic E-state index is -0.990. The van der Waals surface area contributed by atoms with Gasteiger partial charge in [-0.3, -0.25) is 0 Å². The number of hydrogen-bond acceptors (Lipinski definition) is 3. The maximum absolute atomic E-state index is 12.8. The van der Waals surface area contributed by atoms with Gasteiger partial charge in [0.15, 0.2) is 0 Å². The molecule has 2 unspecified atom stereocenters. The Morgan fingerprint density at radius 2 is 1.59 bits per heavy atom. The molecule has 1 aliphatic carbocycles. The number of fused-ring (bicyclic) bond motifs is 3. The lowest BCUT2D eigenvalue weighted by Crippen LogP contribution is -2.33. The molecule has 0 saturated heterocycles. The van der Waals surface area contributed by atoms with Crippen molar-refractivity contribution in [2.45, 2.75) is 32.2 Å². The van der Waals surface area contributed by atoms with E-state index in [1.807, 2.05) is 44.2 Å². The molecule has 5 heteroatoms. The summed E-state index contributed by atoms with van der Waals surface area (Å²) in [6.45, 7) is 4.31. The average Bonchev–Trinajstić information content (AvgIpc) is 3.14. The minimum absolute atomic E-state index is 0.00876. The van der Waals surface area contributed by atoms with Gasteiger partial charge in [-0.25, -0.2) is 9.59 Å². The Balaban J connectivity index is 1.50. The second-order valence-corrected chi connectivity index (χ2v) is 8.26. The van der Waals surface area contributed by atoms with Crippen molar-refractivity contribution in [1.29, 1.82) is 0 Å². The topological polar surface area (TPSA) is 75.6 Å². The molecule has 3 aromatic rings. The van der Waals surface area contributed by atoms with Crippen LogP contribution in [-0.4, -0.2) is 23.8 Å². The molecule has 0 heterocycles. The van der Waals surface area contributed by atoms with Crippen molar-refractivity contribution in [1.82, 2.24) is 5.32 Å². The number of carbonyl (C=O) groups is 2. The summed E-state index contributed by atoms with van der Waals surface area (Å²) in [6.07, 6.45) is 0.323. The maximum atomic E-state index is 12.8. The van der Waals surface area contributed by atoms with E-state index in [0.717, 1.165) is 23.1 Å². The number of nitrogens with one attached hydrogen (secondary N) is 1. The largest absolute Gasteiger partial charge is 0.478 e. The van der Waals surface area contributed by atoms with Crippen molar-refractivity contribution in [3.8, 4) is 11.1 Å². The van der Waals surface area contributed by atoms with Gasteiger partial charge in [-0.15, -0.1) is 0 Å². The van der Waals surface area contributed by atoms with E-state index in [2.05, 4.69) is 29.6 Å². The molecule has 0 saturated carbocycles. The quantitative estimate of drug-likeness (QED) is 0.482. The molecular formula is C27H27NO4. The van der Waals surface area contributed by atoms with Crippen LogP contribution in [-0.2, 0) is 4.74 Å². The predicted octanol–water partition coefficient (Wildman–Crippen LogP) is 6.01. The van der Waals surface area contributed by atoms with Crippen molar-refractivity contribution in [2.75, 3.05) is 6.61 Å². The third-order valence-electron chi connectivity index (χ3n) is 6.32. The highest BCUT2D eigenvalue weighted by molar-refractivity contribution is 5.87. The molecular weight excluding hydrogens is 402 g/mol. The van der Waals surface area contributed by atoms with Gasteiger partial charge in [0.1, 0.15) is 6.61 Å². The van der Waals surface area contributed by atoms with Crippen molar-refractivity contribution in [2.24, 2.45) is 5.92 Å². The Labute approximate surface area is 188 Å². The summed E-state index contributed by atoms with van der Waals surface area (Å²) in [5.41, 5.74) is 5.64. The lowest BCUT2D eigenvalue weighted by atomic mass is 9.91. The standard InChI is InChI=1S/C27H27NO4/c1-3-17(2)25(18-9-8-10-19(15-18)26(29)30)28-27(31)32-16-24-22-13-6-4-11-20(22)21-12-5-7-14-23(21)24/h4-15,17,24-25H,3,16H2,1-2H3,(H,28,31)(H,29,30). The molecule has 0 fully saturated rings. The molecule has 32 heavy (non-hydrogen) atoms. The first kappa shape index (κ1) is 21.6. The van der Waals surface area contributed by atoms with Crippen LogP contribution in [0.2, 0.25) is 0 Å². The second-order valence-electron chi connectivity index (χ2n) is 8.26. The Morgan fingerprint density at radius 3 is 2.19 bits per heavy atom. The van der Waals surface area contributed by atoms with E-state index in [4.69, 9.17) is 4.74 Å². The number of carboxylic acids is 1. The normalized spacial score (nSPS) is 14.2. The summed E-state index contributed by atoms with van der Waals surface area (Å²) in [7, 11) is 0. The number of ether oxygens (including phenoxy) is 1. The number of carbonyl (C=O) groups excluding carboxylic acids is 1. The van der Waals surface area contributed by atoms with Crippen LogP contribution in [0.15, 0.2) is 72.8 Å². The molecule has 0 bridgehead atoms. The third-order valence-corrected chi connectivity index (χ3v) is 6.32. The van der Waals surface area contributed by atoms with Crippen LogP contribution in [0.5, 0.6) is 0 Å². The summed E-state index contributed by atoms with van der Waals surface area (Å²) < 4.78 is 5.70. The SMILES string of the molecule is CCC(C)C(NC(=O)OCC1c2ccccc2-c2ccccc21)c1cccc(C(=O)O)c1. The highest BCUT2D eigenvalue weighted by atomic mass is 16.5. The van der Waals surface area contributed by atoms with Crippen molar-refractivity contribution in [3.05, 3.63) is 95.1 Å². The number of hydrogen-bond donors (Lipinski definition) is 2. The van der Waals surface area contributed by atoms with Crippen molar-refractivity contribution < 1.29 is 19.4 Å². The van der Waals surface area contributed by atoms with Crippen LogP contribution in [0.1, 0.15) is 59.3 Å². The zero-order valence-corrected chi connectivity index (χ0v) is 18.2. The number of benzene rings is 3. The van der Waals surface area contributed by atoms with Gasteiger partial charge in [-0.1, -0.05) is 80.9 Å². The summed E-state index contributed by atoms with van der Waals surface area (Å²) in [4.78, 5) is 24.2. The van der Waals surface area contributed by atoms with E-state index in [1.54, 1.807) is 18.2 Å². The van der Waals surface area contributed by atoms with E-state index in [1.165, 1.54) is 11.1 Å². The van der Waals surface area contributed by atoms with Crippen LogP contribution in [0.25, 0.3) is 11.1 Å². The maximum Gasteiger partial charge on any atom is 0.407 e. The van der Waals surface area contributed by atoms with Gasteiger partial charge >= 0.3 is 12.1 Å².